The van der Waals surface area contributed by atoms with Crippen molar-refractivity contribution in [2.75, 3.05) is 18.5 Å². The number of alkyl halides is 1. The Kier molecular flexibility index (Phi) is 8.28. The second-order valence-corrected chi connectivity index (χ2v) is 8.13. The smallest absolute Gasteiger partial charge is 0.413 e. The molecule has 1 aromatic rings. The summed E-state index contributed by atoms with van der Waals surface area (Å²) >= 11 is 0. The molecule has 4 atom stereocenters. The maximum Gasteiger partial charge on any atom is 0.413 e. The predicted octanol–water partition coefficient (Wildman–Crippen LogP) is 0.849. The van der Waals surface area contributed by atoms with Crippen LogP contribution in [0.1, 0.15) is 33.9 Å². The predicted molar refractivity (Wildman–Crippen MR) is 110 cm³/mol. The fourth-order valence-corrected chi connectivity index (χ4v) is 2.72. The third-order valence-electron chi connectivity index (χ3n) is 4.12. The van der Waals surface area contributed by atoms with Gasteiger partial charge in [0, 0.05) is 11.8 Å². The number of amides is 1. The van der Waals surface area contributed by atoms with Crippen molar-refractivity contribution < 1.29 is 42.8 Å². The highest BCUT2D eigenvalue weighted by Gasteiger charge is 2.48. The van der Waals surface area contributed by atoms with Crippen LogP contribution in [0, 0.1) is 0 Å². The summed E-state index contributed by atoms with van der Waals surface area (Å²) in [6, 6.07) is 1.21. The number of nitrogens with one attached hydrogen (secondary N) is 1. The van der Waals surface area contributed by atoms with E-state index in [0.717, 1.165) is 10.8 Å². The molecule has 0 saturated carbocycles. The Morgan fingerprint density at radius 2 is 2.03 bits per heavy atom. The first-order chi connectivity index (χ1) is 15.3. The molecule has 12 nitrogen and oxygen atoms in total. The van der Waals surface area contributed by atoms with Crippen LogP contribution in [0.5, 0.6) is 0 Å². The van der Waals surface area contributed by atoms with Gasteiger partial charge in [-0.05, 0) is 33.8 Å². The molecule has 1 fully saturated rings. The molecule has 13 heteroatoms. The molecule has 33 heavy (non-hydrogen) atoms. The standard InChI is InChI=1S/C20H26FN3O9/c1-10(2)17(27)30-9-13(26)32-15-11(8-25)31-16(14(15)21)24-7-6-12(22-18(24)28)23-19(29)33-20(3,4)5/h6-7,11,14-16,25H,1,8-9H2,2-5H3,(H,22,23,28,29)/t11-,14?,15?,16-/m1/s1. The molecule has 0 spiro atoms. The van der Waals surface area contributed by atoms with Crippen LogP contribution in [-0.4, -0.2) is 69.9 Å². The lowest BCUT2D eigenvalue weighted by atomic mass is 10.1. The van der Waals surface area contributed by atoms with Crippen LogP contribution in [0.15, 0.2) is 29.2 Å². The zero-order valence-electron chi connectivity index (χ0n) is 18.6. The molecule has 2 heterocycles. The third kappa shape index (κ3) is 7.08. The number of rotatable bonds is 7. The first-order valence-electron chi connectivity index (χ1n) is 9.84. The van der Waals surface area contributed by atoms with E-state index in [1.54, 1.807) is 20.8 Å². The molecule has 1 aliphatic heterocycles. The summed E-state index contributed by atoms with van der Waals surface area (Å²) in [5.74, 6) is -2.05. The summed E-state index contributed by atoms with van der Waals surface area (Å²) in [5.41, 5.74) is -1.69. The fraction of sp³-hybridized carbons (Fsp3) is 0.550. The van der Waals surface area contributed by atoms with Crippen LogP contribution in [0.25, 0.3) is 0 Å². The quantitative estimate of drug-likeness (QED) is 0.332. The Hall–Kier alpha value is -3.32. The van der Waals surface area contributed by atoms with Crippen LogP contribution in [0.4, 0.5) is 15.0 Å². The molecule has 2 N–H and O–H groups in total. The highest BCUT2D eigenvalue weighted by molar-refractivity contribution is 5.88. The van der Waals surface area contributed by atoms with E-state index in [0.29, 0.717) is 0 Å². The summed E-state index contributed by atoms with van der Waals surface area (Å²) in [5, 5.41) is 11.8. The number of carbonyl (C=O) groups is 3. The van der Waals surface area contributed by atoms with Crippen molar-refractivity contribution in [3.63, 3.8) is 0 Å². The topological polar surface area (TPSA) is 155 Å². The van der Waals surface area contributed by atoms with Crippen LogP contribution in [-0.2, 0) is 28.5 Å². The normalized spacial score (nSPS) is 22.4. The van der Waals surface area contributed by atoms with E-state index in [1.165, 1.54) is 13.0 Å². The zero-order chi connectivity index (χ0) is 24.9. The average molecular weight is 471 g/mol. The number of aromatic nitrogens is 2. The van der Waals surface area contributed by atoms with Crippen molar-refractivity contribution in [2.45, 2.75) is 57.9 Å². The van der Waals surface area contributed by atoms with Crippen molar-refractivity contribution in [1.29, 1.82) is 0 Å². The van der Waals surface area contributed by atoms with Gasteiger partial charge in [-0.1, -0.05) is 6.58 Å². The first-order valence-corrected chi connectivity index (χ1v) is 9.84. The molecule has 0 aliphatic carbocycles. The van der Waals surface area contributed by atoms with Crippen LogP contribution in [0.2, 0.25) is 0 Å². The van der Waals surface area contributed by atoms with Crippen LogP contribution >= 0.6 is 0 Å². The SMILES string of the molecule is C=C(C)C(=O)OCC(=O)OC1C(F)[C@H](n2ccc(NC(=O)OC(C)(C)C)nc2=O)O[C@@H]1CO. The Bertz CT molecular complexity index is 972. The van der Waals surface area contributed by atoms with Gasteiger partial charge < -0.3 is 24.1 Å². The van der Waals surface area contributed by atoms with E-state index in [1.807, 2.05) is 0 Å². The Morgan fingerprint density at radius 3 is 2.58 bits per heavy atom. The number of hydrogen-bond donors (Lipinski definition) is 2. The maximum atomic E-state index is 15.0. The average Bonchev–Trinajstić information content (AvgIpc) is 3.00. The zero-order valence-corrected chi connectivity index (χ0v) is 18.6. The van der Waals surface area contributed by atoms with Crippen LogP contribution in [0.3, 0.4) is 0 Å². The third-order valence-corrected chi connectivity index (χ3v) is 4.12. The van der Waals surface area contributed by atoms with E-state index in [4.69, 9.17) is 14.2 Å². The van der Waals surface area contributed by atoms with Gasteiger partial charge in [-0.15, -0.1) is 0 Å². The van der Waals surface area contributed by atoms with E-state index >= 15 is 4.39 Å². The summed E-state index contributed by atoms with van der Waals surface area (Å²) in [7, 11) is 0. The maximum absolute atomic E-state index is 15.0. The second-order valence-electron chi connectivity index (χ2n) is 8.13. The van der Waals surface area contributed by atoms with E-state index in [9.17, 15) is 24.3 Å². The van der Waals surface area contributed by atoms with Crippen molar-refractivity contribution >= 4 is 23.8 Å². The largest absolute Gasteiger partial charge is 0.454 e. The summed E-state index contributed by atoms with van der Waals surface area (Å²) in [6.45, 7) is 8.17. The Balaban J connectivity index is 2.09. The first kappa shape index (κ1) is 25.9. The molecule has 1 saturated heterocycles. The van der Waals surface area contributed by atoms with Gasteiger partial charge in [0.15, 0.2) is 25.1 Å². The minimum atomic E-state index is -2.06. The Morgan fingerprint density at radius 1 is 1.36 bits per heavy atom. The number of anilines is 1. The van der Waals surface area contributed by atoms with E-state index in [-0.39, 0.29) is 11.4 Å². The van der Waals surface area contributed by atoms with E-state index < -0.39 is 67.1 Å². The number of esters is 2. The highest BCUT2D eigenvalue weighted by atomic mass is 19.1. The van der Waals surface area contributed by atoms with Gasteiger partial charge in [0.25, 0.3) is 0 Å². The van der Waals surface area contributed by atoms with E-state index in [2.05, 4.69) is 21.6 Å². The fourth-order valence-electron chi connectivity index (χ4n) is 2.72. The number of halogens is 1. The van der Waals surface area contributed by atoms with Gasteiger partial charge in [0.05, 0.1) is 6.61 Å². The number of aliphatic hydroxyl groups excluding tert-OH is 1. The van der Waals surface area contributed by atoms with Gasteiger partial charge in [-0.3, -0.25) is 9.88 Å². The van der Waals surface area contributed by atoms with Crippen molar-refractivity contribution in [2.24, 2.45) is 0 Å². The Labute approximate surface area is 188 Å². The van der Waals surface area contributed by atoms with Crippen molar-refractivity contribution in [1.82, 2.24) is 9.55 Å². The molecule has 182 valence electrons. The molecule has 1 aromatic heterocycles. The van der Waals surface area contributed by atoms with Crippen molar-refractivity contribution in [3.8, 4) is 0 Å². The molecule has 2 unspecified atom stereocenters. The van der Waals surface area contributed by atoms with Crippen LogP contribution < -0.4 is 11.0 Å². The number of carbonyl (C=O) groups excluding carboxylic acids is 3. The molecule has 0 aromatic carbocycles. The summed E-state index contributed by atoms with van der Waals surface area (Å²) in [4.78, 5) is 51.1. The molecular weight excluding hydrogens is 445 g/mol. The van der Waals surface area contributed by atoms with Gasteiger partial charge >= 0.3 is 23.7 Å². The lowest BCUT2D eigenvalue weighted by molar-refractivity contribution is -0.164. The number of nitrogens with zero attached hydrogens (tertiary/aromatic N) is 2. The second kappa shape index (κ2) is 10.5. The molecular formula is C20H26FN3O9. The van der Waals surface area contributed by atoms with Crippen molar-refractivity contribution in [3.05, 3.63) is 34.9 Å². The van der Waals surface area contributed by atoms with Gasteiger partial charge in [-0.25, -0.2) is 23.6 Å². The van der Waals surface area contributed by atoms with Gasteiger partial charge in [0.2, 0.25) is 0 Å². The summed E-state index contributed by atoms with van der Waals surface area (Å²) in [6.07, 6.45) is -6.24. The highest BCUT2D eigenvalue weighted by Crippen LogP contribution is 2.33. The monoisotopic (exact) mass is 471 g/mol. The minimum Gasteiger partial charge on any atom is -0.454 e. The van der Waals surface area contributed by atoms with Gasteiger partial charge in [0.1, 0.15) is 17.5 Å². The molecule has 0 bridgehead atoms. The number of hydrogen-bond acceptors (Lipinski definition) is 10. The molecule has 0 radical (unpaired) electrons. The molecule has 2 rings (SSSR count). The molecule has 1 aliphatic rings. The summed E-state index contributed by atoms with van der Waals surface area (Å²) < 4.78 is 35.8. The number of ether oxygens (including phenoxy) is 4. The minimum absolute atomic E-state index is 0.0557. The molecule has 1 amide bonds. The lowest BCUT2D eigenvalue weighted by Gasteiger charge is -2.20. The number of aliphatic hydroxyl groups is 1. The lowest BCUT2D eigenvalue weighted by Crippen LogP contribution is -2.38. The van der Waals surface area contributed by atoms with Gasteiger partial charge in [-0.2, -0.15) is 4.98 Å².